The lowest BCUT2D eigenvalue weighted by Gasteiger charge is -2.36. The number of para-hydroxylation sites is 1. The molecule has 1 aromatic heterocycles. The van der Waals surface area contributed by atoms with Crippen LogP contribution in [0.1, 0.15) is 30.7 Å². The number of aliphatic imine (C=N–C) groups is 1. The summed E-state index contributed by atoms with van der Waals surface area (Å²) in [5.74, 6) is 0.254. The molecular formula is C27H23ClN4O3S. The summed E-state index contributed by atoms with van der Waals surface area (Å²) in [5.41, 5.74) is 3.37. The molecule has 0 fully saturated rings. The summed E-state index contributed by atoms with van der Waals surface area (Å²) in [4.78, 5) is 33.1. The van der Waals surface area contributed by atoms with Gasteiger partial charge in [0.15, 0.2) is 5.17 Å². The Bertz CT molecular complexity index is 1380. The first-order chi connectivity index (χ1) is 17.5. The van der Waals surface area contributed by atoms with Crippen LogP contribution >= 0.6 is 23.4 Å². The number of amides is 2. The Kier molecular flexibility index (Phi) is 6.97. The summed E-state index contributed by atoms with van der Waals surface area (Å²) in [6.45, 7) is 2.13. The Labute approximate surface area is 217 Å². The van der Waals surface area contributed by atoms with Crippen LogP contribution in [-0.4, -0.2) is 21.9 Å². The van der Waals surface area contributed by atoms with Gasteiger partial charge in [0.2, 0.25) is 5.91 Å². The third-order valence-corrected chi connectivity index (χ3v) is 6.95. The molecule has 0 radical (unpaired) electrons. The molecule has 36 heavy (non-hydrogen) atoms. The van der Waals surface area contributed by atoms with Crippen LogP contribution in [0.5, 0.6) is 0 Å². The summed E-state index contributed by atoms with van der Waals surface area (Å²) in [6.07, 6.45) is 1.69. The smallest absolute Gasteiger partial charge is 0.255 e. The van der Waals surface area contributed by atoms with E-state index in [2.05, 4.69) is 10.6 Å². The van der Waals surface area contributed by atoms with Gasteiger partial charge in [-0.05, 0) is 54.3 Å². The fraction of sp³-hybridized carbons (Fsp3) is 0.148. The first-order valence-electron chi connectivity index (χ1n) is 11.3. The Morgan fingerprint density at radius 1 is 1.11 bits per heavy atom. The number of hydrogen-bond donors (Lipinski definition) is 2. The highest BCUT2D eigenvalue weighted by molar-refractivity contribution is 8.16. The van der Waals surface area contributed by atoms with E-state index in [1.807, 2.05) is 65.8 Å². The van der Waals surface area contributed by atoms with Crippen LogP contribution in [0, 0.1) is 0 Å². The van der Waals surface area contributed by atoms with Crippen molar-refractivity contribution >= 4 is 46.0 Å². The van der Waals surface area contributed by atoms with Crippen molar-refractivity contribution in [2.45, 2.75) is 25.9 Å². The van der Waals surface area contributed by atoms with Crippen molar-refractivity contribution < 1.29 is 14.0 Å². The lowest BCUT2D eigenvalue weighted by Crippen LogP contribution is -2.38. The molecule has 2 N–H and O–H groups in total. The molecule has 0 spiro atoms. The van der Waals surface area contributed by atoms with Crippen LogP contribution < -0.4 is 10.6 Å². The largest absolute Gasteiger partial charge is 0.467 e. The summed E-state index contributed by atoms with van der Waals surface area (Å²) >= 11 is 7.79. The third-order valence-electron chi connectivity index (χ3n) is 5.82. The number of anilines is 1. The van der Waals surface area contributed by atoms with Crippen molar-refractivity contribution in [2.75, 3.05) is 5.32 Å². The van der Waals surface area contributed by atoms with E-state index in [4.69, 9.17) is 21.0 Å². The van der Waals surface area contributed by atoms with Crippen LogP contribution in [0.3, 0.4) is 0 Å². The zero-order chi connectivity index (χ0) is 25.1. The van der Waals surface area contributed by atoms with Crippen LogP contribution in [0.25, 0.3) is 0 Å². The highest BCUT2D eigenvalue weighted by Crippen LogP contribution is 2.45. The second kappa shape index (κ2) is 10.5. The second-order valence-electron chi connectivity index (χ2n) is 8.30. The van der Waals surface area contributed by atoms with Crippen molar-refractivity contribution in [1.29, 1.82) is 0 Å². The van der Waals surface area contributed by atoms with Gasteiger partial charge in [-0.2, -0.15) is 0 Å². The number of hydrogen-bond acceptors (Lipinski definition) is 6. The van der Waals surface area contributed by atoms with Gasteiger partial charge in [0.1, 0.15) is 5.76 Å². The van der Waals surface area contributed by atoms with E-state index in [9.17, 15) is 9.59 Å². The standard InChI is InChI=1S/C27H23ClN4O3S/c1-17-24(26(34)31-20-9-3-2-4-10-20)25(18-7-5-8-19(28)13-18)32-21(16-36-27(32)30-17)14-23(33)29-15-22-11-6-12-35-22/h2-13,16,25H,14-15H2,1H3,(H,29,33)(H,31,34). The van der Waals surface area contributed by atoms with Gasteiger partial charge in [-0.3, -0.25) is 9.59 Å². The average molecular weight is 519 g/mol. The average Bonchev–Trinajstić information content (AvgIpc) is 3.53. The van der Waals surface area contributed by atoms with Gasteiger partial charge in [0.05, 0.1) is 36.5 Å². The molecule has 3 heterocycles. The molecule has 2 aromatic carbocycles. The number of carbonyl (C=O) groups is 2. The van der Waals surface area contributed by atoms with Gasteiger partial charge in [-0.1, -0.05) is 53.7 Å². The number of carbonyl (C=O) groups excluding carboxylic acids is 2. The van der Waals surface area contributed by atoms with Gasteiger partial charge in [-0.15, -0.1) is 0 Å². The SMILES string of the molecule is CC1=C(C(=O)Nc2ccccc2)C(c2cccc(Cl)c2)N2C(CC(=O)NCc3ccco3)=CSC2=N1. The number of nitrogens with zero attached hydrogens (tertiary/aromatic N) is 2. The first-order valence-corrected chi connectivity index (χ1v) is 12.6. The van der Waals surface area contributed by atoms with Gasteiger partial charge in [0.25, 0.3) is 5.91 Å². The lowest BCUT2D eigenvalue weighted by molar-refractivity contribution is -0.120. The number of thioether (sulfide) groups is 1. The highest BCUT2D eigenvalue weighted by Gasteiger charge is 2.40. The first kappa shape index (κ1) is 24.0. The van der Waals surface area contributed by atoms with E-state index in [0.717, 1.165) is 11.3 Å². The van der Waals surface area contributed by atoms with Crippen molar-refractivity contribution in [2.24, 2.45) is 4.99 Å². The summed E-state index contributed by atoms with van der Waals surface area (Å²) in [7, 11) is 0. The number of halogens is 1. The minimum Gasteiger partial charge on any atom is -0.467 e. The summed E-state index contributed by atoms with van der Waals surface area (Å²) in [5, 5.41) is 9.05. The fourth-order valence-electron chi connectivity index (χ4n) is 4.20. The molecular weight excluding hydrogens is 496 g/mol. The Balaban J connectivity index is 1.45. The van der Waals surface area contributed by atoms with Gasteiger partial charge in [0, 0.05) is 16.4 Å². The van der Waals surface area contributed by atoms with E-state index in [-0.39, 0.29) is 18.2 Å². The molecule has 0 bridgehead atoms. The number of nitrogens with one attached hydrogen (secondary N) is 2. The van der Waals surface area contributed by atoms with Crippen LogP contribution in [0.4, 0.5) is 5.69 Å². The maximum absolute atomic E-state index is 13.6. The van der Waals surface area contributed by atoms with Crippen LogP contribution in [0.15, 0.2) is 105 Å². The second-order valence-corrected chi connectivity index (χ2v) is 9.57. The number of allylic oxidation sites excluding steroid dienone is 1. The summed E-state index contributed by atoms with van der Waals surface area (Å²) < 4.78 is 5.30. The molecule has 2 aliphatic rings. The maximum atomic E-state index is 13.6. The monoisotopic (exact) mass is 518 g/mol. The Morgan fingerprint density at radius 2 is 1.94 bits per heavy atom. The highest BCUT2D eigenvalue weighted by atomic mass is 35.5. The molecule has 0 saturated heterocycles. The molecule has 7 nitrogen and oxygen atoms in total. The molecule has 1 unspecified atom stereocenters. The number of rotatable bonds is 7. The van der Waals surface area contributed by atoms with Crippen molar-refractivity contribution in [3.8, 4) is 0 Å². The van der Waals surface area contributed by atoms with E-state index in [1.165, 1.54) is 11.8 Å². The van der Waals surface area contributed by atoms with Crippen LogP contribution in [0.2, 0.25) is 5.02 Å². The number of benzene rings is 2. The molecule has 2 amide bonds. The topological polar surface area (TPSA) is 86.9 Å². The fourth-order valence-corrected chi connectivity index (χ4v) is 5.36. The normalized spacial score (nSPS) is 16.8. The third kappa shape index (κ3) is 5.10. The van der Waals surface area contributed by atoms with Gasteiger partial charge >= 0.3 is 0 Å². The molecule has 0 saturated carbocycles. The number of furan rings is 1. The minimum absolute atomic E-state index is 0.121. The minimum atomic E-state index is -0.501. The van der Waals surface area contributed by atoms with Crippen molar-refractivity contribution in [3.05, 3.63) is 112 Å². The van der Waals surface area contributed by atoms with E-state index in [1.54, 1.807) is 24.5 Å². The zero-order valence-corrected chi connectivity index (χ0v) is 21.0. The van der Waals surface area contributed by atoms with E-state index >= 15 is 0 Å². The molecule has 182 valence electrons. The molecule has 2 aliphatic heterocycles. The van der Waals surface area contributed by atoms with Crippen LogP contribution in [-0.2, 0) is 16.1 Å². The van der Waals surface area contributed by atoms with E-state index in [0.29, 0.717) is 39.5 Å². The zero-order valence-electron chi connectivity index (χ0n) is 19.4. The number of amidine groups is 1. The molecule has 3 aromatic rings. The van der Waals surface area contributed by atoms with Crippen molar-refractivity contribution in [1.82, 2.24) is 10.2 Å². The Morgan fingerprint density at radius 3 is 2.69 bits per heavy atom. The van der Waals surface area contributed by atoms with E-state index < -0.39 is 6.04 Å². The predicted octanol–water partition coefficient (Wildman–Crippen LogP) is 5.85. The predicted molar refractivity (Wildman–Crippen MR) is 142 cm³/mol. The van der Waals surface area contributed by atoms with Gasteiger partial charge < -0.3 is 20.0 Å². The number of fused-ring (bicyclic) bond motifs is 1. The molecule has 1 atom stereocenters. The lowest BCUT2D eigenvalue weighted by atomic mass is 9.93. The molecule has 5 rings (SSSR count). The van der Waals surface area contributed by atoms with Gasteiger partial charge in [-0.25, -0.2) is 4.99 Å². The van der Waals surface area contributed by atoms with Crippen molar-refractivity contribution in [3.63, 3.8) is 0 Å². The molecule has 9 heteroatoms. The Hall–Kier alpha value is -3.75. The summed E-state index contributed by atoms with van der Waals surface area (Å²) in [6, 6.07) is 19.8. The quantitative estimate of drug-likeness (QED) is 0.409. The maximum Gasteiger partial charge on any atom is 0.255 e. The molecule has 0 aliphatic carbocycles.